The molecule has 0 radical (unpaired) electrons. The Morgan fingerprint density at radius 2 is 2.00 bits per heavy atom. The molecular weight excluding hydrogens is 276 g/mol. The van der Waals surface area contributed by atoms with E-state index in [0.717, 1.165) is 0 Å². The highest BCUT2D eigenvalue weighted by molar-refractivity contribution is 5.92. The SMILES string of the molecule is CCOC(=O)CCC(=O)Nc1cccc(OCC(N)=O)c1. The number of rotatable bonds is 8. The van der Waals surface area contributed by atoms with Gasteiger partial charge < -0.3 is 20.5 Å². The Hall–Kier alpha value is -2.57. The molecule has 0 spiro atoms. The molecule has 0 saturated carbocycles. The van der Waals surface area contributed by atoms with E-state index >= 15 is 0 Å². The maximum absolute atomic E-state index is 11.7. The molecule has 0 bridgehead atoms. The van der Waals surface area contributed by atoms with Crippen molar-refractivity contribution in [2.24, 2.45) is 5.73 Å². The van der Waals surface area contributed by atoms with E-state index in [1.807, 2.05) is 0 Å². The highest BCUT2D eigenvalue weighted by Crippen LogP contribution is 2.17. The molecule has 0 aliphatic heterocycles. The maximum atomic E-state index is 11.7. The number of esters is 1. The van der Waals surface area contributed by atoms with Crippen molar-refractivity contribution < 1.29 is 23.9 Å². The van der Waals surface area contributed by atoms with E-state index in [9.17, 15) is 14.4 Å². The standard InChI is InChI=1S/C14H18N2O5/c1-2-20-14(19)7-6-13(18)16-10-4-3-5-11(8-10)21-9-12(15)17/h3-5,8H,2,6-7,9H2,1H3,(H2,15,17)(H,16,18). The molecular formula is C14H18N2O5. The number of primary amides is 1. The highest BCUT2D eigenvalue weighted by Gasteiger charge is 2.08. The van der Waals surface area contributed by atoms with Gasteiger partial charge in [0.2, 0.25) is 5.91 Å². The second kappa shape index (κ2) is 8.57. The molecule has 0 atom stereocenters. The summed E-state index contributed by atoms with van der Waals surface area (Å²) in [7, 11) is 0. The van der Waals surface area contributed by atoms with Crippen LogP contribution in [0.25, 0.3) is 0 Å². The van der Waals surface area contributed by atoms with Crippen LogP contribution in [0.15, 0.2) is 24.3 Å². The smallest absolute Gasteiger partial charge is 0.306 e. The van der Waals surface area contributed by atoms with Gasteiger partial charge in [0.1, 0.15) is 5.75 Å². The molecule has 3 N–H and O–H groups in total. The fraction of sp³-hybridized carbons (Fsp3) is 0.357. The number of benzene rings is 1. The number of anilines is 1. The Morgan fingerprint density at radius 3 is 2.67 bits per heavy atom. The van der Waals surface area contributed by atoms with Crippen LogP contribution in [0.4, 0.5) is 5.69 Å². The molecule has 0 aliphatic carbocycles. The van der Waals surface area contributed by atoms with Crippen molar-refractivity contribution in [2.75, 3.05) is 18.5 Å². The van der Waals surface area contributed by atoms with Crippen molar-refractivity contribution in [1.29, 1.82) is 0 Å². The number of carbonyl (C=O) groups excluding carboxylic acids is 3. The van der Waals surface area contributed by atoms with Gasteiger partial charge in [-0.3, -0.25) is 14.4 Å². The summed E-state index contributed by atoms with van der Waals surface area (Å²) >= 11 is 0. The van der Waals surface area contributed by atoms with Crippen LogP contribution < -0.4 is 15.8 Å². The van der Waals surface area contributed by atoms with Gasteiger partial charge in [-0.25, -0.2) is 0 Å². The summed E-state index contributed by atoms with van der Waals surface area (Å²) in [6.07, 6.45) is 0.0583. The Bertz CT molecular complexity index is 516. The normalized spacial score (nSPS) is 9.76. The van der Waals surface area contributed by atoms with E-state index in [1.54, 1.807) is 31.2 Å². The minimum atomic E-state index is -0.584. The summed E-state index contributed by atoms with van der Waals surface area (Å²) in [6.45, 7) is 1.76. The summed E-state index contributed by atoms with van der Waals surface area (Å²) in [4.78, 5) is 33.4. The molecule has 1 rings (SSSR count). The number of carbonyl (C=O) groups is 3. The summed E-state index contributed by atoms with van der Waals surface area (Å²) < 4.78 is 9.85. The molecule has 0 saturated heterocycles. The van der Waals surface area contributed by atoms with Gasteiger partial charge in [-0.2, -0.15) is 0 Å². The third-order valence-electron chi connectivity index (χ3n) is 2.36. The third-order valence-corrected chi connectivity index (χ3v) is 2.36. The van der Waals surface area contributed by atoms with Gasteiger partial charge in [0, 0.05) is 18.2 Å². The van der Waals surface area contributed by atoms with E-state index in [2.05, 4.69) is 5.32 Å². The summed E-state index contributed by atoms with van der Waals surface area (Å²) in [5.74, 6) is -0.892. The minimum absolute atomic E-state index is 0.0253. The van der Waals surface area contributed by atoms with Crippen molar-refractivity contribution in [3.05, 3.63) is 24.3 Å². The van der Waals surface area contributed by atoms with E-state index in [0.29, 0.717) is 18.0 Å². The van der Waals surface area contributed by atoms with Crippen LogP contribution in [0.3, 0.4) is 0 Å². The molecule has 0 fully saturated rings. The predicted molar refractivity (Wildman–Crippen MR) is 75.6 cm³/mol. The summed E-state index contributed by atoms with van der Waals surface area (Å²) in [6, 6.07) is 6.53. The van der Waals surface area contributed by atoms with E-state index in [4.69, 9.17) is 15.2 Å². The molecule has 0 unspecified atom stereocenters. The fourth-order valence-electron chi connectivity index (χ4n) is 1.49. The number of hydrogen-bond acceptors (Lipinski definition) is 5. The van der Waals surface area contributed by atoms with Gasteiger partial charge in [-0.05, 0) is 19.1 Å². The lowest BCUT2D eigenvalue weighted by molar-refractivity contribution is -0.144. The zero-order valence-electron chi connectivity index (χ0n) is 11.8. The Kier molecular flexibility index (Phi) is 6.73. The van der Waals surface area contributed by atoms with Crippen molar-refractivity contribution >= 4 is 23.5 Å². The van der Waals surface area contributed by atoms with Crippen LogP contribution in [-0.2, 0) is 19.1 Å². The molecule has 0 heterocycles. The molecule has 1 aromatic rings. The van der Waals surface area contributed by atoms with Crippen molar-refractivity contribution in [2.45, 2.75) is 19.8 Å². The number of nitrogens with two attached hydrogens (primary N) is 1. The molecule has 7 heteroatoms. The van der Waals surface area contributed by atoms with Crippen LogP contribution in [0.2, 0.25) is 0 Å². The van der Waals surface area contributed by atoms with Gasteiger partial charge in [-0.1, -0.05) is 6.07 Å². The zero-order chi connectivity index (χ0) is 15.7. The first-order valence-electron chi connectivity index (χ1n) is 6.48. The number of ether oxygens (including phenoxy) is 2. The van der Waals surface area contributed by atoms with Crippen LogP contribution >= 0.6 is 0 Å². The van der Waals surface area contributed by atoms with E-state index in [1.165, 1.54) is 0 Å². The molecule has 114 valence electrons. The van der Waals surface area contributed by atoms with E-state index in [-0.39, 0.29) is 25.4 Å². The fourth-order valence-corrected chi connectivity index (χ4v) is 1.49. The minimum Gasteiger partial charge on any atom is -0.484 e. The monoisotopic (exact) mass is 294 g/mol. The van der Waals surface area contributed by atoms with Gasteiger partial charge in [0.25, 0.3) is 5.91 Å². The lowest BCUT2D eigenvalue weighted by Crippen LogP contribution is -2.20. The van der Waals surface area contributed by atoms with Gasteiger partial charge in [-0.15, -0.1) is 0 Å². The molecule has 0 aromatic heterocycles. The molecule has 21 heavy (non-hydrogen) atoms. The summed E-state index contributed by atoms with van der Waals surface area (Å²) in [5, 5.41) is 2.62. The topological polar surface area (TPSA) is 108 Å². The Labute approximate surface area is 122 Å². The van der Waals surface area contributed by atoms with Crippen LogP contribution in [0, 0.1) is 0 Å². The third kappa shape index (κ3) is 6.95. The first kappa shape index (κ1) is 16.5. The second-order valence-electron chi connectivity index (χ2n) is 4.14. The number of amides is 2. The number of hydrogen-bond donors (Lipinski definition) is 2. The van der Waals surface area contributed by atoms with Crippen molar-refractivity contribution in [1.82, 2.24) is 0 Å². The van der Waals surface area contributed by atoms with Crippen LogP contribution in [0.1, 0.15) is 19.8 Å². The second-order valence-corrected chi connectivity index (χ2v) is 4.14. The predicted octanol–water partition coefficient (Wildman–Crippen LogP) is 0.832. The average molecular weight is 294 g/mol. The molecule has 1 aromatic carbocycles. The largest absolute Gasteiger partial charge is 0.484 e. The van der Waals surface area contributed by atoms with Gasteiger partial charge in [0.15, 0.2) is 6.61 Å². The zero-order valence-corrected chi connectivity index (χ0v) is 11.8. The molecule has 7 nitrogen and oxygen atoms in total. The lowest BCUT2D eigenvalue weighted by atomic mass is 10.2. The van der Waals surface area contributed by atoms with Gasteiger partial charge >= 0.3 is 5.97 Å². The molecule has 0 aliphatic rings. The average Bonchev–Trinajstić information content (AvgIpc) is 2.44. The van der Waals surface area contributed by atoms with Crippen molar-refractivity contribution in [3.8, 4) is 5.75 Å². The first-order chi connectivity index (χ1) is 10.0. The summed E-state index contributed by atoms with van der Waals surface area (Å²) in [5.41, 5.74) is 5.48. The van der Waals surface area contributed by atoms with Gasteiger partial charge in [0.05, 0.1) is 13.0 Å². The highest BCUT2D eigenvalue weighted by atomic mass is 16.5. The lowest BCUT2D eigenvalue weighted by Gasteiger charge is -2.08. The Morgan fingerprint density at radius 1 is 1.24 bits per heavy atom. The first-order valence-corrected chi connectivity index (χ1v) is 6.48. The maximum Gasteiger partial charge on any atom is 0.306 e. The molecule has 2 amide bonds. The van der Waals surface area contributed by atoms with Crippen LogP contribution in [0.5, 0.6) is 5.75 Å². The van der Waals surface area contributed by atoms with Crippen LogP contribution in [-0.4, -0.2) is 31.0 Å². The van der Waals surface area contributed by atoms with Crippen molar-refractivity contribution in [3.63, 3.8) is 0 Å². The van der Waals surface area contributed by atoms with E-state index < -0.39 is 11.9 Å². The number of nitrogens with one attached hydrogen (secondary N) is 1. The quantitative estimate of drug-likeness (QED) is 0.690. The Balaban J connectivity index is 2.46.